The molecule has 0 aromatic heterocycles. The second-order valence-corrected chi connectivity index (χ2v) is 5.08. The zero-order valence-electron chi connectivity index (χ0n) is 11.3. The number of anilines is 1. The van der Waals surface area contributed by atoms with Crippen LogP contribution in [-0.4, -0.2) is 23.9 Å². The van der Waals surface area contributed by atoms with E-state index in [1.165, 1.54) is 18.3 Å². The molecule has 2 aromatic rings. The zero-order valence-corrected chi connectivity index (χ0v) is 12.8. The minimum atomic E-state index is -0.334. The Morgan fingerprint density at radius 3 is 2.45 bits per heavy atom. The Kier molecular flexibility index (Phi) is 5.63. The van der Waals surface area contributed by atoms with Crippen molar-refractivity contribution in [2.75, 3.05) is 11.9 Å². The molecule has 22 heavy (non-hydrogen) atoms. The lowest BCUT2D eigenvalue weighted by molar-refractivity contribution is -0.118. The Morgan fingerprint density at radius 2 is 1.86 bits per heavy atom. The maximum atomic E-state index is 11.8. The molecule has 2 aromatic carbocycles. The fourth-order valence-electron chi connectivity index (χ4n) is 1.71. The van der Waals surface area contributed by atoms with Gasteiger partial charge >= 0.3 is 0 Å². The molecule has 0 spiro atoms. The highest BCUT2D eigenvalue weighted by Gasteiger charge is 2.11. The van der Waals surface area contributed by atoms with E-state index in [0.717, 1.165) is 0 Å². The number of rotatable bonds is 5. The van der Waals surface area contributed by atoms with Gasteiger partial charge in [0.15, 0.2) is 12.4 Å². The molecule has 7 heteroatoms. The summed E-state index contributed by atoms with van der Waals surface area (Å²) in [5, 5.41) is 14.5. The van der Waals surface area contributed by atoms with Crippen LogP contribution in [0.15, 0.2) is 47.6 Å². The summed E-state index contributed by atoms with van der Waals surface area (Å²) in [6.45, 7) is -0.234. The molecule has 0 aliphatic heterocycles. The summed E-state index contributed by atoms with van der Waals surface area (Å²) in [5.74, 6) is -0.138. The van der Waals surface area contributed by atoms with Gasteiger partial charge in [0.25, 0.3) is 5.91 Å². The maximum Gasteiger partial charge on any atom is 0.262 e. The summed E-state index contributed by atoms with van der Waals surface area (Å²) in [4.78, 5) is 11.8. The number of hydrogen-bond donors (Lipinski definition) is 2. The van der Waals surface area contributed by atoms with Crippen molar-refractivity contribution in [2.24, 2.45) is 5.16 Å². The van der Waals surface area contributed by atoms with Gasteiger partial charge in [-0.15, -0.1) is 0 Å². The second-order valence-electron chi connectivity index (χ2n) is 4.26. The summed E-state index contributed by atoms with van der Waals surface area (Å²) in [6, 6.07) is 12.0. The number of para-hydroxylation sites is 1. The summed E-state index contributed by atoms with van der Waals surface area (Å²) < 4.78 is 5.35. The topological polar surface area (TPSA) is 70.9 Å². The number of nitrogens with zero attached hydrogens (tertiary/aromatic N) is 1. The Morgan fingerprint density at radius 1 is 1.23 bits per heavy atom. The first-order chi connectivity index (χ1) is 10.6. The number of carbonyl (C=O) groups excluding carboxylic acids is 1. The van der Waals surface area contributed by atoms with Crippen LogP contribution in [0.2, 0.25) is 10.0 Å². The van der Waals surface area contributed by atoms with E-state index in [-0.39, 0.29) is 28.3 Å². The number of amides is 1. The highest BCUT2D eigenvalue weighted by Crippen LogP contribution is 2.33. The van der Waals surface area contributed by atoms with Crippen LogP contribution < -0.4 is 10.1 Å². The average Bonchev–Trinajstić information content (AvgIpc) is 2.47. The van der Waals surface area contributed by atoms with Crippen LogP contribution in [-0.2, 0) is 4.79 Å². The van der Waals surface area contributed by atoms with E-state index in [9.17, 15) is 4.79 Å². The molecule has 0 aliphatic carbocycles. The minimum Gasteiger partial charge on any atom is -0.481 e. The molecule has 114 valence electrons. The largest absolute Gasteiger partial charge is 0.481 e. The molecule has 0 fully saturated rings. The highest BCUT2D eigenvalue weighted by atomic mass is 35.5. The fraction of sp³-hybridized carbons (Fsp3) is 0.0667. The molecule has 0 heterocycles. The van der Waals surface area contributed by atoms with E-state index in [2.05, 4.69) is 10.5 Å². The van der Waals surface area contributed by atoms with Crippen molar-refractivity contribution in [1.82, 2.24) is 0 Å². The normalized spacial score (nSPS) is 10.6. The lowest BCUT2D eigenvalue weighted by atomic mass is 10.2. The molecule has 5 nitrogen and oxygen atoms in total. The Hall–Kier alpha value is -2.24. The predicted octanol–water partition coefficient (Wildman–Crippen LogP) is 3.82. The molecule has 1 amide bonds. The molecular formula is C15H12Cl2N2O3. The molecule has 0 bridgehead atoms. The van der Waals surface area contributed by atoms with E-state index in [4.69, 9.17) is 33.1 Å². The van der Waals surface area contributed by atoms with Crippen molar-refractivity contribution >= 4 is 41.0 Å². The van der Waals surface area contributed by atoms with Crippen molar-refractivity contribution in [3.63, 3.8) is 0 Å². The van der Waals surface area contributed by atoms with Crippen LogP contribution in [0.1, 0.15) is 5.56 Å². The number of benzene rings is 2. The number of oxime groups is 1. The van der Waals surface area contributed by atoms with Crippen LogP contribution in [0, 0.1) is 0 Å². The van der Waals surface area contributed by atoms with Crippen molar-refractivity contribution < 1.29 is 14.7 Å². The van der Waals surface area contributed by atoms with E-state index in [1.54, 1.807) is 12.1 Å². The molecule has 0 saturated heterocycles. The Bertz CT molecular complexity index is 667. The molecule has 2 rings (SSSR count). The lowest BCUT2D eigenvalue weighted by Gasteiger charge is -2.11. The van der Waals surface area contributed by atoms with Gasteiger partial charge in [-0.05, 0) is 29.8 Å². The summed E-state index contributed by atoms with van der Waals surface area (Å²) >= 11 is 12.1. The number of hydrogen-bond acceptors (Lipinski definition) is 4. The van der Waals surface area contributed by atoms with Gasteiger partial charge in [-0.1, -0.05) is 46.6 Å². The molecule has 0 radical (unpaired) electrons. The van der Waals surface area contributed by atoms with Gasteiger partial charge in [-0.2, -0.15) is 0 Å². The number of nitrogens with one attached hydrogen (secondary N) is 1. The summed E-state index contributed by atoms with van der Waals surface area (Å²) in [7, 11) is 0. The van der Waals surface area contributed by atoms with Crippen LogP contribution in [0.25, 0.3) is 0 Å². The van der Waals surface area contributed by atoms with Crippen molar-refractivity contribution in [2.45, 2.75) is 0 Å². The third-order valence-electron chi connectivity index (χ3n) is 2.63. The van der Waals surface area contributed by atoms with E-state index >= 15 is 0 Å². The number of carbonyl (C=O) groups is 1. The second kappa shape index (κ2) is 7.68. The maximum absolute atomic E-state index is 11.8. The van der Waals surface area contributed by atoms with Crippen LogP contribution >= 0.6 is 23.2 Å². The van der Waals surface area contributed by atoms with Gasteiger partial charge in [-0.3, -0.25) is 4.79 Å². The molecule has 0 atom stereocenters. The smallest absolute Gasteiger partial charge is 0.262 e. The molecule has 0 aliphatic rings. The van der Waals surface area contributed by atoms with Crippen LogP contribution in [0.5, 0.6) is 5.75 Å². The van der Waals surface area contributed by atoms with Gasteiger partial charge in [0.1, 0.15) is 0 Å². The Labute approximate surface area is 137 Å². The van der Waals surface area contributed by atoms with E-state index < -0.39 is 0 Å². The SMILES string of the molecule is O=C(COc1c(Cl)cc(/C=N/O)cc1Cl)Nc1ccccc1. The highest BCUT2D eigenvalue weighted by molar-refractivity contribution is 6.37. The van der Waals surface area contributed by atoms with Gasteiger partial charge < -0.3 is 15.3 Å². The lowest BCUT2D eigenvalue weighted by Crippen LogP contribution is -2.20. The third kappa shape index (κ3) is 4.38. The zero-order chi connectivity index (χ0) is 15.9. The standard InChI is InChI=1S/C15H12Cl2N2O3/c16-12-6-10(8-18-21)7-13(17)15(12)22-9-14(20)19-11-4-2-1-3-5-11/h1-8,21H,9H2,(H,19,20)/b18-8+. The average molecular weight is 339 g/mol. The van der Waals surface area contributed by atoms with Gasteiger partial charge in [-0.25, -0.2) is 0 Å². The van der Waals surface area contributed by atoms with Crippen molar-refractivity contribution in [3.05, 3.63) is 58.1 Å². The Balaban J connectivity index is 2.01. The number of halogens is 2. The first-order valence-corrected chi connectivity index (χ1v) is 7.00. The quantitative estimate of drug-likeness (QED) is 0.494. The fourth-order valence-corrected chi connectivity index (χ4v) is 2.33. The van der Waals surface area contributed by atoms with Gasteiger partial charge in [0.05, 0.1) is 16.3 Å². The van der Waals surface area contributed by atoms with Gasteiger partial charge in [0.2, 0.25) is 0 Å². The predicted molar refractivity (Wildman–Crippen MR) is 86.4 cm³/mol. The first kappa shape index (κ1) is 16.1. The molecule has 0 unspecified atom stereocenters. The molecule has 2 N–H and O–H groups in total. The van der Waals surface area contributed by atoms with Gasteiger partial charge in [0, 0.05) is 5.69 Å². The molecular weight excluding hydrogens is 327 g/mol. The van der Waals surface area contributed by atoms with E-state index in [1.807, 2.05) is 18.2 Å². The van der Waals surface area contributed by atoms with Crippen LogP contribution in [0.3, 0.4) is 0 Å². The molecule has 0 saturated carbocycles. The van der Waals surface area contributed by atoms with Crippen molar-refractivity contribution in [3.8, 4) is 5.75 Å². The third-order valence-corrected chi connectivity index (χ3v) is 3.19. The summed E-state index contributed by atoms with van der Waals surface area (Å²) in [5.41, 5.74) is 1.18. The monoisotopic (exact) mass is 338 g/mol. The van der Waals surface area contributed by atoms with Crippen LogP contribution in [0.4, 0.5) is 5.69 Å². The first-order valence-electron chi connectivity index (χ1n) is 6.24. The summed E-state index contributed by atoms with van der Waals surface area (Å²) in [6.07, 6.45) is 1.18. The number of ether oxygens (including phenoxy) is 1. The van der Waals surface area contributed by atoms with E-state index in [0.29, 0.717) is 11.3 Å². The minimum absolute atomic E-state index is 0.196. The van der Waals surface area contributed by atoms with Crippen molar-refractivity contribution in [1.29, 1.82) is 0 Å².